The molecule has 0 aliphatic heterocycles. The molecule has 0 saturated heterocycles. The molecule has 0 saturated carbocycles. The zero-order valence-electron chi connectivity index (χ0n) is 11.8. The average Bonchev–Trinajstić information content (AvgIpc) is 2.84. The van der Waals surface area contributed by atoms with Gasteiger partial charge in [0.15, 0.2) is 5.69 Å². The van der Waals surface area contributed by atoms with E-state index in [1.165, 1.54) is 17.0 Å². The van der Waals surface area contributed by atoms with Crippen molar-refractivity contribution < 1.29 is 9.18 Å². The summed E-state index contributed by atoms with van der Waals surface area (Å²) in [6, 6.07) is 11.6. The van der Waals surface area contributed by atoms with Crippen molar-refractivity contribution in [3.63, 3.8) is 0 Å². The van der Waals surface area contributed by atoms with Gasteiger partial charge in [-0.3, -0.25) is 4.79 Å². The SMILES string of the molecule is CN(Cc1cccc(F)c1)C(=O)c1nn2ccccc2c1Cl. The molecular formula is C16H13ClFN3O. The van der Waals surface area contributed by atoms with Gasteiger partial charge in [-0.2, -0.15) is 5.10 Å². The summed E-state index contributed by atoms with van der Waals surface area (Å²) in [7, 11) is 1.63. The molecule has 0 radical (unpaired) electrons. The monoisotopic (exact) mass is 317 g/mol. The molecule has 0 aliphatic rings. The fourth-order valence-corrected chi connectivity index (χ4v) is 2.54. The van der Waals surface area contributed by atoms with Crippen LogP contribution in [0.1, 0.15) is 16.1 Å². The molecule has 0 aliphatic carbocycles. The molecule has 1 aromatic carbocycles. The van der Waals surface area contributed by atoms with E-state index in [0.29, 0.717) is 16.1 Å². The Morgan fingerprint density at radius 2 is 2.14 bits per heavy atom. The number of aromatic nitrogens is 2. The van der Waals surface area contributed by atoms with E-state index >= 15 is 0 Å². The number of benzene rings is 1. The lowest BCUT2D eigenvalue weighted by molar-refractivity contribution is 0.0779. The summed E-state index contributed by atoms with van der Waals surface area (Å²) in [5.74, 6) is -0.637. The van der Waals surface area contributed by atoms with Gasteiger partial charge in [0, 0.05) is 19.8 Å². The van der Waals surface area contributed by atoms with E-state index in [4.69, 9.17) is 11.6 Å². The minimum absolute atomic E-state index is 0.187. The second-order valence-corrected chi connectivity index (χ2v) is 5.36. The lowest BCUT2D eigenvalue weighted by Crippen LogP contribution is -2.26. The summed E-state index contributed by atoms with van der Waals surface area (Å²) < 4.78 is 14.8. The van der Waals surface area contributed by atoms with Crippen LogP contribution in [0.25, 0.3) is 5.52 Å². The lowest BCUT2D eigenvalue weighted by Gasteiger charge is -2.16. The third-order valence-corrected chi connectivity index (χ3v) is 3.71. The van der Waals surface area contributed by atoms with Crippen LogP contribution in [0.15, 0.2) is 48.7 Å². The Hall–Kier alpha value is -2.40. The van der Waals surface area contributed by atoms with Gasteiger partial charge < -0.3 is 4.90 Å². The average molecular weight is 318 g/mol. The highest BCUT2D eigenvalue weighted by molar-refractivity contribution is 6.36. The molecule has 3 aromatic rings. The van der Waals surface area contributed by atoms with Gasteiger partial charge in [0.1, 0.15) is 5.82 Å². The Balaban J connectivity index is 1.87. The van der Waals surface area contributed by atoms with Gasteiger partial charge in [0.2, 0.25) is 0 Å². The van der Waals surface area contributed by atoms with E-state index in [9.17, 15) is 9.18 Å². The molecule has 0 fully saturated rings. The molecule has 0 bridgehead atoms. The second kappa shape index (κ2) is 5.77. The molecule has 22 heavy (non-hydrogen) atoms. The Labute approximate surface area is 131 Å². The van der Waals surface area contributed by atoms with Gasteiger partial charge in [-0.05, 0) is 29.8 Å². The fourth-order valence-electron chi connectivity index (χ4n) is 2.27. The van der Waals surface area contributed by atoms with Crippen LogP contribution < -0.4 is 0 Å². The first-order valence-electron chi connectivity index (χ1n) is 6.69. The van der Waals surface area contributed by atoms with Crippen molar-refractivity contribution in [2.75, 3.05) is 7.05 Å². The predicted octanol–water partition coefficient (Wildman–Crippen LogP) is 3.40. The van der Waals surface area contributed by atoms with Gasteiger partial charge in [-0.25, -0.2) is 8.91 Å². The first-order valence-corrected chi connectivity index (χ1v) is 7.07. The zero-order chi connectivity index (χ0) is 15.7. The highest BCUT2D eigenvalue weighted by Crippen LogP contribution is 2.23. The number of carbonyl (C=O) groups excluding carboxylic acids is 1. The molecule has 6 heteroatoms. The van der Waals surface area contributed by atoms with Crippen molar-refractivity contribution in [2.45, 2.75) is 6.54 Å². The number of pyridine rings is 1. The largest absolute Gasteiger partial charge is 0.336 e. The third-order valence-electron chi connectivity index (χ3n) is 3.34. The van der Waals surface area contributed by atoms with Gasteiger partial charge in [0.25, 0.3) is 5.91 Å². The maximum absolute atomic E-state index is 13.2. The molecule has 4 nitrogen and oxygen atoms in total. The summed E-state index contributed by atoms with van der Waals surface area (Å²) >= 11 is 6.23. The summed E-state index contributed by atoms with van der Waals surface area (Å²) in [5.41, 5.74) is 1.56. The standard InChI is InChI=1S/C16H13ClFN3O/c1-20(10-11-5-4-6-12(18)9-11)16(22)15-14(17)13-7-2-3-8-21(13)19-15/h2-9H,10H2,1H3. The second-order valence-electron chi connectivity index (χ2n) is 4.98. The fraction of sp³-hybridized carbons (Fsp3) is 0.125. The van der Waals surface area contributed by atoms with Crippen LogP contribution in [0.5, 0.6) is 0 Å². The smallest absolute Gasteiger partial charge is 0.275 e. The topological polar surface area (TPSA) is 37.6 Å². The van der Waals surface area contributed by atoms with Crippen molar-refractivity contribution >= 4 is 23.0 Å². The molecule has 112 valence electrons. The molecule has 2 aromatic heterocycles. The number of nitrogens with zero attached hydrogens (tertiary/aromatic N) is 3. The Morgan fingerprint density at radius 3 is 2.86 bits per heavy atom. The summed E-state index contributed by atoms with van der Waals surface area (Å²) in [6.07, 6.45) is 1.73. The molecule has 0 unspecified atom stereocenters. The number of halogens is 2. The van der Waals surface area contributed by atoms with Crippen LogP contribution in [0, 0.1) is 5.82 Å². The van der Waals surface area contributed by atoms with Crippen LogP contribution in [0.3, 0.4) is 0 Å². The number of hydrogen-bond donors (Lipinski definition) is 0. The zero-order valence-corrected chi connectivity index (χ0v) is 12.6. The van der Waals surface area contributed by atoms with Crippen molar-refractivity contribution in [2.24, 2.45) is 0 Å². The molecular weight excluding hydrogens is 305 g/mol. The van der Waals surface area contributed by atoms with Gasteiger partial charge in [0.05, 0.1) is 10.5 Å². The van der Waals surface area contributed by atoms with Crippen LogP contribution >= 0.6 is 11.6 Å². The number of fused-ring (bicyclic) bond motifs is 1. The predicted molar refractivity (Wildman–Crippen MR) is 82.4 cm³/mol. The quantitative estimate of drug-likeness (QED) is 0.742. The first kappa shape index (κ1) is 14.5. The molecule has 3 rings (SSSR count). The van der Waals surface area contributed by atoms with Crippen molar-refractivity contribution in [1.29, 1.82) is 0 Å². The van der Waals surface area contributed by atoms with Gasteiger partial charge >= 0.3 is 0 Å². The van der Waals surface area contributed by atoms with E-state index < -0.39 is 0 Å². The van der Waals surface area contributed by atoms with E-state index in [0.717, 1.165) is 0 Å². The lowest BCUT2D eigenvalue weighted by atomic mass is 10.2. The molecule has 0 spiro atoms. The van der Waals surface area contributed by atoms with Crippen molar-refractivity contribution in [1.82, 2.24) is 14.5 Å². The molecule has 0 atom stereocenters. The summed E-state index contributed by atoms with van der Waals surface area (Å²) in [4.78, 5) is 14.0. The van der Waals surface area contributed by atoms with Crippen molar-refractivity contribution in [3.8, 4) is 0 Å². The maximum Gasteiger partial charge on any atom is 0.275 e. The first-order chi connectivity index (χ1) is 10.6. The van der Waals surface area contributed by atoms with Gasteiger partial charge in [-0.1, -0.05) is 29.8 Å². The van der Waals surface area contributed by atoms with E-state index in [1.54, 1.807) is 42.0 Å². The molecule has 2 heterocycles. The summed E-state index contributed by atoms with van der Waals surface area (Å²) in [5, 5.41) is 4.53. The third kappa shape index (κ3) is 2.67. The van der Waals surface area contributed by atoms with Crippen LogP contribution in [0.2, 0.25) is 5.02 Å². The molecule has 0 N–H and O–H groups in total. The Kier molecular flexibility index (Phi) is 3.81. The van der Waals surface area contributed by atoms with E-state index in [2.05, 4.69) is 5.10 Å². The van der Waals surface area contributed by atoms with Crippen LogP contribution in [0.4, 0.5) is 4.39 Å². The molecule has 1 amide bonds. The highest BCUT2D eigenvalue weighted by atomic mass is 35.5. The van der Waals surface area contributed by atoms with Crippen molar-refractivity contribution in [3.05, 3.63) is 70.8 Å². The Morgan fingerprint density at radius 1 is 1.32 bits per heavy atom. The number of hydrogen-bond acceptors (Lipinski definition) is 2. The number of amides is 1. The minimum atomic E-state index is -0.330. The number of carbonyl (C=O) groups is 1. The van der Waals surface area contributed by atoms with Crippen LogP contribution in [-0.2, 0) is 6.54 Å². The van der Waals surface area contributed by atoms with E-state index in [1.807, 2.05) is 6.07 Å². The minimum Gasteiger partial charge on any atom is -0.336 e. The van der Waals surface area contributed by atoms with E-state index in [-0.39, 0.29) is 24.0 Å². The Bertz CT molecular complexity index is 846. The van der Waals surface area contributed by atoms with Crippen LogP contribution in [-0.4, -0.2) is 27.5 Å². The normalized spacial score (nSPS) is 10.9. The van der Waals surface area contributed by atoms with Gasteiger partial charge in [-0.15, -0.1) is 0 Å². The number of rotatable bonds is 3. The highest BCUT2D eigenvalue weighted by Gasteiger charge is 2.21. The maximum atomic E-state index is 13.2. The summed E-state index contributed by atoms with van der Waals surface area (Å²) in [6.45, 7) is 0.279.